The van der Waals surface area contributed by atoms with Gasteiger partial charge in [-0.3, -0.25) is 14.4 Å². The smallest absolute Gasteiger partial charge is 0.255 e. The van der Waals surface area contributed by atoms with Crippen molar-refractivity contribution in [2.24, 2.45) is 5.92 Å². The van der Waals surface area contributed by atoms with Crippen molar-refractivity contribution in [1.82, 2.24) is 19.9 Å². The highest BCUT2D eigenvalue weighted by atomic mass is 16.2. The van der Waals surface area contributed by atoms with Gasteiger partial charge in [-0.1, -0.05) is 18.9 Å². The van der Waals surface area contributed by atoms with E-state index in [-0.39, 0.29) is 23.6 Å². The van der Waals surface area contributed by atoms with Gasteiger partial charge < -0.3 is 19.9 Å². The van der Waals surface area contributed by atoms with Crippen LogP contribution in [0.3, 0.4) is 0 Å². The first kappa shape index (κ1) is 20.9. The molecule has 0 bridgehead atoms. The molecule has 156 valence electrons. The molecule has 0 spiro atoms. The number of aryl methyl sites for hydroxylation is 1. The summed E-state index contributed by atoms with van der Waals surface area (Å²) in [5, 5.41) is 5.68. The predicted octanol–water partition coefficient (Wildman–Crippen LogP) is 2.13. The van der Waals surface area contributed by atoms with Gasteiger partial charge in [0, 0.05) is 45.0 Å². The number of nitrogens with one attached hydrogen (secondary N) is 2. The minimum Gasteiger partial charge on any atom is -0.353 e. The molecule has 2 aromatic heterocycles. The van der Waals surface area contributed by atoms with Crippen LogP contribution in [0.2, 0.25) is 0 Å². The van der Waals surface area contributed by atoms with Gasteiger partial charge in [0.2, 0.25) is 11.8 Å². The van der Waals surface area contributed by atoms with Crippen LogP contribution >= 0.6 is 0 Å². The lowest BCUT2D eigenvalue weighted by Crippen LogP contribution is -2.51. The van der Waals surface area contributed by atoms with Crippen LogP contribution in [0.15, 0.2) is 30.6 Å². The normalized spacial score (nSPS) is 15.3. The fourth-order valence-electron chi connectivity index (χ4n) is 4.09. The zero-order valence-electron chi connectivity index (χ0n) is 17.4. The summed E-state index contributed by atoms with van der Waals surface area (Å²) in [6.45, 7) is 4.19. The molecule has 29 heavy (non-hydrogen) atoms. The molecule has 1 fully saturated rings. The lowest BCUT2D eigenvalue weighted by atomic mass is 9.97. The molecule has 0 radical (unpaired) electrons. The summed E-state index contributed by atoms with van der Waals surface area (Å²) in [5.74, 6) is -0.259. The maximum absolute atomic E-state index is 12.7. The summed E-state index contributed by atoms with van der Waals surface area (Å²) < 4.78 is 1.94. The molecule has 1 atom stereocenters. The first-order chi connectivity index (χ1) is 13.9. The number of aromatic nitrogens is 1. The summed E-state index contributed by atoms with van der Waals surface area (Å²) in [7, 11) is 1.73. The Hall–Kier alpha value is -2.83. The van der Waals surface area contributed by atoms with Gasteiger partial charge in [-0.25, -0.2) is 0 Å². The van der Waals surface area contributed by atoms with Crippen LogP contribution < -0.4 is 10.6 Å². The standard InChI is InChI=1S/C22H30N4O3/c1-15-7-6-11-26-14-18(13-19(15)26)22(29)25(3)12-10-23-21(28)20(24-16(2)27)17-8-4-5-9-17/h6-7,11,13-14,17,20H,4-5,8-10,12H2,1-3H3,(H,23,28)(H,24,27). The van der Waals surface area contributed by atoms with Crippen LogP contribution in [0, 0.1) is 12.8 Å². The van der Waals surface area contributed by atoms with Crippen LogP contribution in [0.25, 0.3) is 5.52 Å². The van der Waals surface area contributed by atoms with Crippen molar-refractivity contribution in [2.75, 3.05) is 20.1 Å². The molecule has 1 saturated carbocycles. The molecule has 2 heterocycles. The molecule has 7 heteroatoms. The Kier molecular flexibility index (Phi) is 6.56. The monoisotopic (exact) mass is 398 g/mol. The average molecular weight is 399 g/mol. The third kappa shape index (κ3) is 4.96. The van der Waals surface area contributed by atoms with Crippen molar-refractivity contribution in [3.8, 4) is 0 Å². The highest BCUT2D eigenvalue weighted by Gasteiger charge is 2.31. The lowest BCUT2D eigenvalue weighted by molar-refractivity contribution is -0.129. The van der Waals surface area contributed by atoms with Crippen LogP contribution in [-0.4, -0.2) is 53.2 Å². The van der Waals surface area contributed by atoms with Gasteiger partial charge in [-0.2, -0.15) is 0 Å². The molecule has 1 unspecified atom stereocenters. The fourth-order valence-corrected chi connectivity index (χ4v) is 4.09. The number of nitrogens with zero attached hydrogens (tertiary/aromatic N) is 2. The van der Waals surface area contributed by atoms with E-state index in [9.17, 15) is 14.4 Å². The predicted molar refractivity (Wildman–Crippen MR) is 112 cm³/mol. The van der Waals surface area contributed by atoms with E-state index in [1.807, 2.05) is 41.9 Å². The minimum atomic E-state index is -0.490. The van der Waals surface area contributed by atoms with Crippen LogP contribution in [-0.2, 0) is 9.59 Å². The van der Waals surface area contributed by atoms with E-state index >= 15 is 0 Å². The van der Waals surface area contributed by atoms with E-state index in [1.54, 1.807) is 11.9 Å². The van der Waals surface area contributed by atoms with Gasteiger partial charge in [0.05, 0.1) is 5.56 Å². The largest absolute Gasteiger partial charge is 0.353 e. The van der Waals surface area contributed by atoms with Crippen LogP contribution in [0.1, 0.15) is 48.5 Å². The molecule has 1 aliphatic rings. The van der Waals surface area contributed by atoms with Crippen molar-refractivity contribution in [1.29, 1.82) is 0 Å². The van der Waals surface area contributed by atoms with E-state index in [0.717, 1.165) is 36.8 Å². The first-order valence-electron chi connectivity index (χ1n) is 10.2. The Labute approximate surface area is 171 Å². The van der Waals surface area contributed by atoms with Crippen LogP contribution in [0.4, 0.5) is 0 Å². The van der Waals surface area contributed by atoms with E-state index in [1.165, 1.54) is 6.92 Å². The summed E-state index contributed by atoms with van der Waals surface area (Å²) in [5.41, 5.74) is 2.74. The van der Waals surface area contributed by atoms with Gasteiger partial charge in [-0.05, 0) is 43.4 Å². The molecule has 0 aromatic carbocycles. The van der Waals surface area contributed by atoms with E-state index in [4.69, 9.17) is 0 Å². The number of carbonyl (C=O) groups excluding carboxylic acids is 3. The fraction of sp³-hybridized carbons (Fsp3) is 0.500. The Morgan fingerprint density at radius 1 is 1.28 bits per heavy atom. The summed E-state index contributed by atoms with van der Waals surface area (Å²) in [6, 6.07) is 5.36. The Morgan fingerprint density at radius 2 is 2.00 bits per heavy atom. The SMILES string of the molecule is CC(=O)NC(C(=O)NCCN(C)C(=O)c1cc2c(C)cccn2c1)C1CCCC1. The third-order valence-electron chi connectivity index (χ3n) is 5.70. The molecule has 1 aliphatic carbocycles. The summed E-state index contributed by atoms with van der Waals surface area (Å²) in [4.78, 5) is 38.4. The van der Waals surface area contributed by atoms with Crippen molar-refractivity contribution in [3.05, 3.63) is 41.7 Å². The van der Waals surface area contributed by atoms with Crippen LogP contribution in [0.5, 0.6) is 0 Å². The number of likely N-dealkylation sites (N-methyl/N-ethyl adjacent to an activating group) is 1. The van der Waals surface area contributed by atoms with Crippen molar-refractivity contribution in [3.63, 3.8) is 0 Å². The zero-order chi connectivity index (χ0) is 21.0. The number of hydrogen-bond donors (Lipinski definition) is 2. The molecule has 2 aromatic rings. The molecular weight excluding hydrogens is 368 g/mol. The number of carbonyl (C=O) groups is 3. The molecule has 3 amide bonds. The topological polar surface area (TPSA) is 82.9 Å². The maximum atomic E-state index is 12.7. The van der Waals surface area contributed by atoms with Crippen molar-refractivity contribution in [2.45, 2.75) is 45.6 Å². The number of amides is 3. The minimum absolute atomic E-state index is 0.0865. The molecule has 7 nitrogen and oxygen atoms in total. The second kappa shape index (κ2) is 9.11. The summed E-state index contributed by atoms with van der Waals surface area (Å²) >= 11 is 0. The number of rotatable bonds is 7. The second-order valence-electron chi connectivity index (χ2n) is 7.95. The molecule has 0 saturated heterocycles. The van der Waals surface area contributed by atoms with E-state index < -0.39 is 6.04 Å². The first-order valence-corrected chi connectivity index (χ1v) is 10.2. The van der Waals surface area contributed by atoms with E-state index in [0.29, 0.717) is 18.7 Å². The molecular formula is C22H30N4O3. The van der Waals surface area contributed by atoms with Gasteiger partial charge in [0.25, 0.3) is 5.91 Å². The highest BCUT2D eigenvalue weighted by molar-refractivity contribution is 5.95. The van der Waals surface area contributed by atoms with Gasteiger partial charge in [-0.15, -0.1) is 0 Å². The maximum Gasteiger partial charge on any atom is 0.255 e. The van der Waals surface area contributed by atoms with Gasteiger partial charge in [0.15, 0.2) is 0 Å². The number of fused-ring (bicyclic) bond motifs is 1. The molecule has 0 aliphatic heterocycles. The Balaban J connectivity index is 1.55. The quantitative estimate of drug-likeness (QED) is 0.750. The average Bonchev–Trinajstić information content (AvgIpc) is 3.35. The second-order valence-corrected chi connectivity index (χ2v) is 7.95. The Bertz CT molecular complexity index is 899. The van der Waals surface area contributed by atoms with Crippen molar-refractivity contribution >= 4 is 23.2 Å². The zero-order valence-corrected chi connectivity index (χ0v) is 17.4. The Morgan fingerprint density at radius 3 is 2.66 bits per heavy atom. The van der Waals surface area contributed by atoms with E-state index in [2.05, 4.69) is 10.6 Å². The number of pyridine rings is 1. The lowest BCUT2D eigenvalue weighted by Gasteiger charge is -2.24. The highest BCUT2D eigenvalue weighted by Crippen LogP contribution is 2.27. The molecule has 3 rings (SSSR count). The van der Waals surface area contributed by atoms with Gasteiger partial charge in [0.1, 0.15) is 6.04 Å². The third-order valence-corrected chi connectivity index (χ3v) is 5.70. The van der Waals surface area contributed by atoms with Crippen molar-refractivity contribution < 1.29 is 14.4 Å². The summed E-state index contributed by atoms with van der Waals surface area (Å²) in [6.07, 6.45) is 7.85. The molecule has 2 N–H and O–H groups in total. The number of hydrogen-bond acceptors (Lipinski definition) is 3. The van der Waals surface area contributed by atoms with Gasteiger partial charge >= 0.3 is 0 Å².